The highest BCUT2D eigenvalue weighted by Crippen LogP contribution is 2.22. The summed E-state index contributed by atoms with van der Waals surface area (Å²) < 4.78 is 15.4. The third kappa shape index (κ3) is 5.48. The summed E-state index contributed by atoms with van der Waals surface area (Å²) >= 11 is 5.82. The largest absolute Gasteiger partial charge is 0.341 e. The second-order valence-electron chi connectivity index (χ2n) is 8.10. The highest BCUT2D eigenvalue weighted by atomic mass is 35.5. The van der Waals surface area contributed by atoms with Gasteiger partial charge in [-0.2, -0.15) is 0 Å². The molecule has 1 atom stereocenters. The van der Waals surface area contributed by atoms with Gasteiger partial charge in [-0.3, -0.25) is 14.4 Å². The molecule has 34 heavy (non-hydrogen) atoms. The number of anilines is 1. The van der Waals surface area contributed by atoms with E-state index >= 15 is 0 Å². The second kappa shape index (κ2) is 10.6. The van der Waals surface area contributed by atoms with E-state index in [2.05, 4.69) is 20.9 Å². The van der Waals surface area contributed by atoms with E-state index in [1.165, 1.54) is 18.3 Å². The Morgan fingerprint density at radius 3 is 2.79 bits per heavy atom. The molecule has 2 amide bonds. The molecule has 0 unspecified atom stereocenters. The topological polar surface area (TPSA) is 106 Å². The molecule has 176 valence electrons. The molecule has 0 spiro atoms. The molecule has 2 aromatic carbocycles. The molecule has 0 saturated carbocycles. The number of para-hydroxylation sites is 1. The Morgan fingerprint density at radius 1 is 1.12 bits per heavy atom. The number of hydrogen-bond acceptors (Lipinski definition) is 5. The molecule has 1 aliphatic rings. The number of carbonyl (C=O) groups is 3. The summed E-state index contributed by atoms with van der Waals surface area (Å²) in [6.45, 7) is 0. The average Bonchev–Trinajstić information content (AvgIpc) is 3.30. The van der Waals surface area contributed by atoms with Crippen molar-refractivity contribution in [1.82, 2.24) is 20.3 Å². The first kappa shape index (κ1) is 23.6. The van der Waals surface area contributed by atoms with Crippen molar-refractivity contribution in [3.8, 4) is 5.69 Å². The number of aromatic nitrogens is 3. The molecule has 0 aliphatic carbocycles. The van der Waals surface area contributed by atoms with E-state index in [9.17, 15) is 18.8 Å². The van der Waals surface area contributed by atoms with E-state index in [1.54, 1.807) is 30.3 Å². The van der Waals surface area contributed by atoms with Crippen LogP contribution in [0.2, 0.25) is 5.02 Å². The zero-order valence-electron chi connectivity index (χ0n) is 18.3. The normalized spacial score (nSPS) is 17.2. The van der Waals surface area contributed by atoms with E-state index < -0.39 is 17.8 Å². The molecular weight excluding hydrogens is 461 g/mol. The van der Waals surface area contributed by atoms with Gasteiger partial charge in [0.2, 0.25) is 5.91 Å². The molecule has 0 saturated heterocycles. The second-order valence-corrected chi connectivity index (χ2v) is 8.50. The Bertz CT molecular complexity index is 1230. The van der Waals surface area contributed by atoms with Crippen molar-refractivity contribution in [3.63, 3.8) is 0 Å². The predicted molar refractivity (Wildman–Crippen MR) is 124 cm³/mol. The zero-order chi connectivity index (χ0) is 24.1. The standard InChI is InChI=1S/C24H23ClFN5O3/c25-16-8-6-11-20(23(16)26)31-14-19(29-30-31)24(34)28-18-10-2-1-3-12-22(33)27-17-9-5-4-7-15(17)13-21(18)32/h4-9,11,14,18H,1-3,10,12-13H2,(H,27,33)(H,28,34)/t18-/m0/s1. The van der Waals surface area contributed by atoms with Crippen molar-refractivity contribution in [2.75, 3.05) is 5.32 Å². The van der Waals surface area contributed by atoms with E-state index in [1.807, 2.05) is 0 Å². The number of hydrogen-bond donors (Lipinski definition) is 2. The van der Waals surface area contributed by atoms with E-state index in [4.69, 9.17) is 11.6 Å². The molecule has 2 heterocycles. The molecule has 0 radical (unpaired) electrons. The van der Waals surface area contributed by atoms with Gasteiger partial charge in [-0.05, 0) is 36.6 Å². The Balaban J connectivity index is 1.52. The molecule has 1 aliphatic heterocycles. The molecule has 10 heteroatoms. The zero-order valence-corrected chi connectivity index (χ0v) is 19.0. The van der Waals surface area contributed by atoms with Gasteiger partial charge in [-0.25, -0.2) is 9.07 Å². The SMILES string of the molecule is O=C1CCCCC[C@H](NC(=O)c2cn(-c3cccc(Cl)c3F)nn2)C(=O)Cc2ccccc2N1. The maximum atomic E-state index is 14.3. The fourth-order valence-corrected chi connectivity index (χ4v) is 4.00. The van der Waals surface area contributed by atoms with Crippen LogP contribution < -0.4 is 10.6 Å². The summed E-state index contributed by atoms with van der Waals surface area (Å²) in [7, 11) is 0. The van der Waals surface area contributed by atoms with Crippen LogP contribution in [0.4, 0.5) is 10.1 Å². The molecule has 4 rings (SSSR count). The number of nitrogens with zero attached hydrogens (tertiary/aromatic N) is 3. The molecule has 0 fully saturated rings. The minimum Gasteiger partial charge on any atom is -0.341 e. The van der Waals surface area contributed by atoms with Crippen LogP contribution in [-0.2, 0) is 16.0 Å². The number of benzene rings is 2. The number of halogens is 2. The number of nitrogens with one attached hydrogen (secondary N) is 2. The van der Waals surface area contributed by atoms with Crippen molar-refractivity contribution in [3.05, 3.63) is 70.8 Å². The van der Waals surface area contributed by atoms with E-state index in [-0.39, 0.29) is 34.5 Å². The Morgan fingerprint density at radius 2 is 1.94 bits per heavy atom. The monoisotopic (exact) mass is 483 g/mol. The van der Waals surface area contributed by atoms with Crippen molar-refractivity contribution in [2.24, 2.45) is 0 Å². The number of fused-ring (bicyclic) bond motifs is 1. The highest BCUT2D eigenvalue weighted by molar-refractivity contribution is 6.30. The van der Waals surface area contributed by atoms with Crippen LogP contribution in [-0.4, -0.2) is 38.6 Å². The lowest BCUT2D eigenvalue weighted by Gasteiger charge is -2.19. The third-order valence-corrected chi connectivity index (χ3v) is 5.94. The van der Waals surface area contributed by atoms with Gasteiger partial charge >= 0.3 is 0 Å². The van der Waals surface area contributed by atoms with E-state index in [0.29, 0.717) is 36.9 Å². The minimum atomic E-state index is -0.733. The van der Waals surface area contributed by atoms with Crippen molar-refractivity contribution >= 4 is 34.9 Å². The number of rotatable bonds is 3. The van der Waals surface area contributed by atoms with Crippen LogP contribution in [0.25, 0.3) is 5.69 Å². The summed E-state index contributed by atoms with van der Waals surface area (Å²) in [6, 6.07) is 10.8. The highest BCUT2D eigenvalue weighted by Gasteiger charge is 2.24. The predicted octanol–water partition coefficient (Wildman–Crippen LogP) is 3.87. The van der Waals surface area contributed by atoms with Gasteiger partial charge in [-0.1, -0.05) is 53.9 Å². The lowest BCUT2D eigenvalue weighted by Crippen LogP contribution is -2.42. The first-order valence-corrected chi connectivity index (χ1v) is 11.4. The number of amides is 2. The first-order valence-electron chi connectivity index (χ1n) is 11.0. The molecule has 0 bridgehead atoms. The summed E-state index contributed by atoms with van der Waals surface area (Å²) in [5, 5.41) is 13.2. The third-order valence-electron chi connectivity index (χ3n) is 5.65. The van der Waals surface area contributed by atoms with Gasteiger partial charge < -0.3 is 10.6 Å². The first-order chi connectivity index (χ1) is 16.4. The van der Waals surface area contributed by atoms with Crippen LogP contribution in [0.3, 0.4) is 0 Å². The fraction of sp³-hybridized carbons (Fsp3) is 0.292. The van der Waals surface area contributed by atoms with Gasteiger partial charge in [0, 0.05) is 18.5 Å². The van der Waals surface area contributed by atoms with Crippen LogP contribution in [0, 0.1) is 5.82 Å². The fourth-order valence-electron chi connectivity index (χ4n) is 3.83. The molecule has 3 aromatic rings. The smallest absolute Gasteiger partial charge is 0.274 e. The Kier molecular flexibility index (Phi) is 7.32. The summed E-state index contributed by atoms with van der Waals surface area (Å²) in [4.78, 5) is 38.1. The molecule has 2 N–H and O–H groups in total. The number of Topliss-reactive ketones (excluding diaryl/α,β-unsaturated/α-hetero) is 1. The average molecular weight is 484 g/mol. The number of ketones is 1. The molecule has 1 aromatic heterocycles. The van der Waals surface area contributed by atoms with Gasteiger partial charge in [0.25, 0.3) is 5.91 Å². The summed E-state index contributed by atoms with van der Waals surface area (Å²) in [5.41, 5.74) is 1.28. The minimum absolute atomic E-state index is 0.0500. The van der Waals surface area contributed by atoms with Gasteiger partial charge in [-0.15, -0.1) is 5.10 Å². The van der Waals surface area contributed by atoms with E-state index in [0.717, 1.165) is 11.1 Å². The van der Waals surface area contributed by atoms with Crippen LogP contribution in [0.1, 0.15) is 48.2 Å². The number of carbonyl (C=O) groups excluding carboxylic acids is 3. The maximum absolute atomic E-state index is 14.3. The van der Waals surface area contributed by atoms with Crippen molar-refractivity contribution in [2.45, 2.75) is 44.6 Å². The molecular formula is C24H23ClFN5O3. The summed E-state index contributed by atoms with van der Waals surface area (Å²) in [6.07, 6.45) is 4.28. The van der Waals surface area contributed by atoms with Gasteiger partial charge in [0.1, 0.15) is 5.69 Å². The molecule has 8 nitrogen and oxygen atoms in total. The van der Waals surface area contributed by atoms with Gasteiger partial charge in [0.15, 0.2) is 17.3 Å². The van der Waals surface area contributed by atoms with Crippen molar-refractivity contribution in [1.29, 1.82) is 0 Å². The van der Waals surface area contributed by atoms with Crippen molar-refractivity contribution < 1.29 is 18.8 Å². The van der Waals surface area contributed by atoms with Crippen LogP contribution >= 0.6 is 11.6 Å². The summed E-state index contributed by atoms with van der Waals surface area (Å²) in [5.74, 6) is -1.52. The Labute approximate surface area is 200 Å². The van der Waals surface area contributed by atoms with Crippen LogP contribution in [0.5, 0.6) is 0 Å². The lowest BCUT2D eigenvalue weighted by molar-refractivity contribution is -0.120. The maximum Gasteiger partial charge on any atom is 0.274 e. The Hall–Kier alpha value is -3.59. The lowest BCUT2D eigenvalue weighted by atomic mass is 9.96. The van der Waals surface area contributed by atoms with Gasteiger partial charge in [0.05, 0.1) is 17.3 Å². The van der Waals surface area contributed by atoms with Crippen LogP contribution in [0.15, 0.2) is 48.7 Å². The quantitative estimate of drug-likeness (QED) is 0.588.